The smallest absolute Gasteiger partial charge is 0.190 e. The highest BCUT2D eigenvalue weighted by Crippen LogP contribution is 2.03. The molecule has 1 aromatic rings. The summed E-state index contributed by atoms with van der Waals surface area (Å²) in [5, 5.41) is 0. The minimum Gasteiger partial charge on any atom is -0.296 e. The maximum Gasteiger partial charge on any atom is 0.190 e. The van der Waals surface area contributed by atoms with Gasteiger partial charge in [-0.2, -0.15) is 0 Å². The first-order chi connectivity index (χ1) is 5.74. The second-order valence-electron chi connectivity index (χ2n) is 2.60. The molecule has 0 aliphatic heterocycles. The molecule has 0 aromatic heterocycles. The molecule has 2 N–H and O–H groups in total. The number of nitrogens with two attached hydrogens (primary N) is 1. The Labute approximate surface area is 71.1 Å². The molecule has 0 saturated heterocycles. The van der Waals surface area contributed by atoms with Crippen LogP contribution in [-0.4, -0.2) is 12.4 Å². The molecule has 3 heteroatoms. The highest BCUT2D eigenvalue weighted by Gasteiger charge is 2.03. The topological polar surface area (TPSA) is 52.3 Å². The zero-order valence-corrected chi connectivity index (χ0v) is 6.91. The number of hydrogen-bond donors (Lipinski definition) is 1. The summed E-state index contributed by atoms with van der Waals surface area (Å²) in [5.74, 6) is 4.68. The maximum atomic E-state index is 11.2. The monoisotopic (exact) mass is 165 g/mol. The van der Waals surface area contributed by atoms with E-state index in [1.54, 1.807) is 12.1 Å². The zero-order chi connectivity index (χ0) is 8.97. The van der Waals surface area contributed by atoms with Crippen molar-refractivity contribution in [3.63, 3.8) is 0 Å². The molecule has 1 rings (SSSR count). The number of hydrogen-bond acceptors (Lipinski definition) is 3. The number of rotatable bonds is 3. The van der Waals surface area contributed by atoms with E-state index in [2.05, 4.69) is 4.84 Å². The first-order valence-corrected chi connectivity index (χ1v) is 3.65. The Morgan fingerprint density at radius 1 is 1.42 bits per heavy atom. The normalized spacial score (nSPS) is 9.83. The second kappa shape index (κ2) is 3.99. The Morgan fingerprint density at radius 3 is 2.50 bits per heavy atom. The third-order valence-corrected chi connectivity index (χ3v) is 1.59. The fourth-order valence-corrected chi connectivity index (χ4v) is 0.898. The van der Waals surface area contributed by atoms with E-state index < -0.39 is 0 Å². The van der Waals surface area contributed by atoms with Crippen LogP contribution in [0.25, 0.3) is 0 Å². The molecule has 0 atom stereocenters. The molecule has 0 fully saturated rings. The third-order valence-electron chi connectivity index (χ3n) is 1.59. The SMILES string of the molecule is Cc1ccc(C(=O)CON)cc1. The predicted molar refractivity (Wildman–Crippen MR) is 45.6 cm³/mol. The van der Waals surface area contributed by atoms with Crippen LogP contribution in [0.3, 0.4) is 0 Å². The average molecular weight is 165 g/mol. The van der Waals surface area contributed by atoms with E-state index in [9.17, 15) is 4.79 Å². The minimum absolute atomic E-state index is 0.0664. The van der Waals surface area contributed by atoms with Crippen LogP contribution in [0.4, 0.5) is 0 Å². The molecular formula is C9H11NO2. The van der Waals surface area contributed by atoms with Crippen LogP contribution in [0, 0.1) is 6.92 Å². The largest absolute Gasteiger partial charge is 0.296 e. The van der Waals surface area contributed by atoms with Gasteiger partial charge in [-0.05, 0) is 6.92 Å². The van der Waals surface area contributed by atoms with Gasteiger partial charge in [-0.1, -0.05) is 29.8 Å². The van der Waals surface area contributed by atoms with Crippen molar-refractivity contribution in [3.05, 3.63) is 35.4 Å². The number of carbonyl (C=O) groups is 1. The predicted octanol–water partition coefficient (Wildman–Crippen LogP) is 1.07. The lowest BCUT2D eigenvalue weighted by molar-refractivity contribution is 0.0763. The van der Waals surface area contributed by atoms with Crippen molar-refractivity contribution in [3.8, 4) is 0 Å². The van der Waals surface area contributed by atoms with Crippen LogP contribution in [0.1, 0.15) is 15.9 Å². The summed E-state index contributed by atoms with van der Waals surface area (Å²) in [4.78, 5) is 15.4. The number of carbonyl (C=O) groups excluding carboxylic acids is 1. The van der Waals surface area contributed by atoms with E-state index >= 15 is 0 Å². The fourth-order valence-electron chi connectivity index (χ4n) is 0.898. The molecule has 0 radical (unpaired) electrons. The lowest BCUT2D eigenvalue weighted by Crippen LogP contribution is -2.12. The van der Waals surface area contributed by atoms with Gasteiger partial charge in [0.15, 0.2) is 5.78 Å². The highest BCUT2D eigenvalue weighted by atomic mass is 16.6. The fraction of sp³-hybridized carbons (Fsp3) is 0.222. The molecule has 64 valence electrons. The lowest BCUT2D eigenvalue weighted by atomic mass is 10.1. The average Bonchev–Trinajstić information content (AvgIpc) is 2.06. The van der Waals surface area contributed by atoms with Gasteiger partial charge in [0.25, 0.3) is 0 Å². The molecule has 0 saturated carbocycles. The number of aryl methyl sites for hydroxylation is 1. The molecule has 1 aromatic carbocycles. The van der Waals surface area contributed by atoms with Gasteiger partial charge >= 0.3 is 0 Å². The molecule has 0 aliphatic rings. The van der Waals surface area contributed by atoms with Gasteiger partial charge in [0, 0.05) is 5.56 Å². The van der Waals surface area contributed by atoms with E-state index in [-0.39, 0.29) is 12.4 Å². The van der Waals surface area contributed by atoms with Crippen LogP contribution in [0.2, 0.25) is 0 Å². The Kier molecular flexibility index (Phi) is 2.96. The summed E-state index contributed by atoms with van der Waals surface area (Å²) in [6.07, 6.45) is 0. The number of Topliss-reactive ketones (excluding diaryl/α,β-unsaturated/α-hetero) is 1. The van der Waals surface area contributed by atoms with E-state index in [1.807, 2.05) is 19.1 Å². The van der Waals surface area contributed by atoms with Crippen LogP contribution >= 0.6 is 0 Å². The Bertz CT molecular complexity index is 266. The van der Waals surface area contributed by atoms with E-state index in [4.69, 9.17) is 5.90 Å². The van der Waals surface area contributed by atoms with Crippen molar-refractivity contribution in [1.82, 2.24) is 0 Å². The standard InChI is InChI=1S/C9H11NO2/c1-7-2-4-8(5-3-7)9(11)6-12-10/h2-5H,6,10H2,1H3. The first-order valence-electron chi connectivity index (χ1n) is 3.65. The van der Waals surface area contributed by atoms with Gasteiger partial charge in [-0.15, -0.1) is 0 Å². The van der Waals surface area contributed by atoms with Crippen LogP contribution in [0.15, 0.2) is 24.3 Å². The van der Waals surface area contributed by atoms with E-state index in [0.29, 0.717) is 5.56 Å². The molecule has 0 bridgehead atoms. The van der Waals surface area contributed by atoms with Crippen LogP contribution in [-0.2, 0) is 4.84 Å². The van der Waals surface area contributed by atoms with Gasteiger partial charge in [-0.3, -0.25) is 9.63 Å². The highest BCUT2D eigenvalue weighted by molar-refractivity contribution is 5.97. The number of ketones is 1. The van der Waals surface area contributed by atoms with Crippen LogP contribution in [0.5, 0.6) is 0 Å². The summed E-state index contributed by atoms with van der Waals surface area (Å²) in [7, 11) is 0. The molecule has 0 unspecified atom stereocenters. The quantitative estimate of drug-likeness (QED) is 0.538. The molecular weight excluding hydrogens is 154 g/mol. The molecule has 12 heavy (non-hydrogen) atoms. The van der Waals surface area contributed by atoms with Crippen molar-refractivity contribution in [2.45, 2.75) is 6.92 Å². The third kappa shape index (κ3) is 2.15. The number of benzene rings is 1. The summed E-state index contributed by atoms with van der Waals surface area (Å²) in [5.41, 5.74) is 1.76. The summed E-state index contributed by atoms with van der Waals surface area (Å²) >= 11 is 0. The van der Waals surface area contributed by atoms with Crippen molar-refractivity contribution < 1.29 is 9.63 Å². The Balaban J connectivity index is 2.75. The minimum atomic E-state index is -0.0995. The van der Waals surface area contributed by atoms with Gasteiger partial charge < -0.3 is 0 Å². The van der Waals surface area contributed by atoms with Gasteiger partial charge in [0.2, 0.25) is 0 Å². The molecule has 0 spiro atoms. The molecule has 0 amide bonds. The van der Waals surface area contributed by atoms with Crippen molar-refractivity contribution in [2.24, 2.45) is 5.90 Å². The van der Waals surface area contributed by atoms with Crippen LogP contribution < -0.4 is 5.90 Å². The Morgan fingerprint density at radius 2 is 2.00 bits per heavy atom. The second-order valence-corrected chi connectivity index (χ2v) is 2.60. The molecule has 0 heterocycles. The summed E-state index contributed by atoms with van der Waals surface area (Å²) < 4.78 is 0. The molecule has 3 nitrogen and oxygen atoms in total. The van der Waals surface area contributed by atoms with Crippen molar-refractivity contribution >= 4 is 5.78 Å². The van der Waals surface area contributed by atoms with Gasteiger partial charge in [0.05, 0.1) is 0 Å². The summed E-state index contributed by atoms with van der Waals surface area (Å²) in [6, 6.07) is 7.28. The zero-order valence-electron chi connectivity index (χ0n) is 6.91. The Hall–Kier alpha value is -1.19. The summed E-state index contributed by atoms with van der Waals surface area (Å²) in [6.45, 7) is 1.90. The van der Waals surface area contributed by atoms with E-state index in [0.717, 1.165) is 5.56 Å². The first kappa shape index (κ1) is 8.90. The van der Waals surface area contributed by atoms with Gasteiger partial charge in [-0.25, -0.2) is 5.90 Å². The van der Waals surface area contributed by atoms with Gasteiger partial charge in [0.1, 0.15) is 6.61 Å². The van der Waals surface area contributed by atoms with E-state index in [1.165, 1.54) is 0 Å². The molecule has 0 aliphatic carbocycles. The van der Waals surface area contributed by atoms with Crippen molar-refractivity contribution in [2.75, 3.05) is 6.61 Å². The lowest BCUT2D eigenvalue weighted by Gasteiger charge is -1.98. The van der Waals surface area contributed by atoms with Crippen molar-refractivity contribution in [1.29, 1.82) is 0 Å². The maximum absolute atomic E-state index is 11.2.